The van der Waals surface area contributed by atoms with Gasteiger partial charge in [-0.1, -0.05) is 82.3 Å². The smallest absolute Gasteiger partial charge is 0.0696 e. The Labute approximate surface area is 223 Å². The first-order valence-electron chi connectivity index (χ1n) is 11.5. The van der Waals surface area contributed by atoms with E-state index >= 15 is 0 Å². The Morgan fingerprint density at radius 1 is 0.639 bits per heavy atom. The molecule has 0 unspecified atom stereocenters. The van der Waals surface area contributed by atoms with E-state index in [2.05, 4.69) is 117 Å². The van der Waals surface area contributed by atoms with Crippen LogP contribution in [0.4, 0.5) is 0 Å². The maximum absolute atomic E-state index is 4.49. The standard InChI is InChI=1S/C30H17N4S.Ir/c1-3-10-26-22(8-1)23-9-2-4-11-27(23)33(26)21-7-5-6-19(16-21)20-12-13-24-25(17-20)30-29(18-32-35-30)34-28(24)14-15-31-34;/h1-17H;/q-1;. The summed E-state index contributed by atoms with van der Waals surface area (Å²) in [6, 6.07) is 34.8. The van der Waals surface area contributed by atoms with Crippen LogP contribution >= 0.6 is 11.5 Å². The molecule has 8 aromatic rings. The molecule has 4 heterocycles. The van der Waals surface area contributed by atoms with Gasteiger partial charge in [0.05, 0.1) is 16.6 Å². The van der Waals surface area contributed by atoms with Crippen LogP contribution < -0.4 is 0 Å². The monoisotopic (exact) mass is 658 g/mol. The van der Waals surface area contributed by atoms with Gasteiger partial charge < -0.3 is 8.94 Å². The largest absolute Gasteiger partial charge is 0.322 e. The summed E-state index contributed by atoms with van der Waals surface area (Å²) >= 11 is 1.47. The summed E-state index contributed by atoms with van der Waals surface area (Å²) in [4.78, 5) is 0. The van der Waals surface area contributed by atoms with Crippen molar-refractivity contribution in [2.24, 2.45) is 0 Å². The predicted octanol–water partition coefficient (Wildman–Crippen LogP) is 7.66. The van der Waals surface area contributed by atoms with Crippen molar-refractivity contribution in [3.05, 3.63) is 109 Å². The third-order valence-corrected chi connectivity index (χ3v) is 7.69. The Morgan fingerprint density at radius 2 is 1.36 bits per heavy atom. The molecule has 4 nitrogen and oxygen atoms in total. The fourth-order valence-corrected chi connectivity index (χ4v) is 6.08. The molecule has 0 spiro atoms. The topological polar surface area (TPSA) is 35.1 Å². The second kappa shape index (κ2) is 8.10. The van der Waals surface area contributed by atoms with Crippen molar-refractivity contribution in [3.63, 3.8) is 0 Å². The molecule has 0 saturated heterocycles. The van der Waals surface area contributed by atoms with Crippen molar-refractivity contribution in [2.75, 3.05) is 0 Å². The SMILES string of the molecule is [Ir].[c-]1nsc2c3cc(-c4cccc(-n5c6ccccc6c6ccccc65)c4)ccc3c3ccnn3c12. The molecule has 6 heteroatoms. The molecule has 0 saturated carbocycles. The third-order valence-electron chi connectivity index (χ3n) is 6.92. The molecule has 0 aliphatic heterocycles. The Balaban J connectivity index is 0.00000220. The molecule has 0 bridgehead atoms. The summed E-state index contributed by atoms with van der Waals surface area (Å²) < 4.78 is 9.75. The maximum Gasteiger partial charge on any atom is 0.0696 e. The van der Waals surface area contributed by atoms with Gasteiger partial charge in [-0.05, 0) is 46.8 Å². The zero-order chi connectivity index (χ0) is 22.9. The summed E-state index contributed by atoms with van der Waals surface area (Å²) in [6.45, 7) is 0. The number of hydrogen-bond acceptors (Lipinski definition) is 3. The number of para-hydroxylation sites is 2. The molecule has 36 heavy (non-hydrogen) atoms. The number of nitrogens with zero attached hydrogens (tertiary/aromatic N) is 4. The van der Waals surface area contributed by atoms with Gasteiger partial charge in [0.25, 0.3) is 0 Å². The molecule has 0 aliphatic rings. The van der Waals surface area contributed by atoms with Crippen molar-refractivity contribution >= 4 is 59.8 Å². The number of fused-ring (bicyclic) bond motifs is 9. The normalized spacial score (nSPS) is 11.7. The van der Waals surface area contributed by atoms with E-state index in [4.69, 9.17) is 0 Å². The summed E-state index contributed by atoms with van der Waals surface area (Å²) in [6.07, 6.45) is 4.96. The van der Waals surface area contributed by atoms with E-state index in [-0.39, 0.29) is 20.1 Å². The molecule has 0 aliphatic carbocycles. The molecule has 4 aromatic carbocycles. The van der Waals surface area contributed by atoms with Gasteiger partial charge in [0.15, 0.2) is 0 Å². The van der Waals surface area contributed by atoms with Crippen LogP contribution in [0.3, 0.4) is 0 Å². The number of rotatable bonds is 2. The maximum atomic E-state index is 4.49. The van der Waals surface area contributed by atoms with Gasteiger partial charge >= 0.3 is 0 Å². The van der Waals surface area contributed by atoms with Gasteiger partial charge in [-0.25, -0.2) is 0 Å². The van der Waals surface area contributed by atoms with E-state index in [9.17, 15) is 0 Å². The summed E-state index contributed by atoms with van der Waals surface area (Å²) in [5, 5.41) is 9.39. The number of aromatic nitrogens is 4. The van der Waals surface area contributed by atoms with Gasteiger partial charge in [0.2, 0.25) is 0 Å². The van der Waals surface area contributed by atoms with Crippen LogP contribution in [0.5, 0.6) is 0 Å². The van der Waals surface area contributed by atoms with Crippen LogP contribution in [0.15, 0.2) is 103 Å². The molecule has 0 atom stereocenters. The second-order valence-electron chi connectivity index (χ2n) is 8.78. The quantitative estimate of drug-likeness (QED) is 0.179. The van der Waals surface area contributed by atoms with E-state index in [0.717, 1.165) is 21.4 Å². The van der Waals surface area contributed by atoms with E-state index < -0.39 is 0 Å². The van der Waals surface area contributed by atoms with Gasteiger partial charge in [0.1, 0.15) is 0 Å². The first kappa shape index (κ1) is 21.5. The van der Waals surface area contributed by atoms with Crippen molar-refractivity contribution in [2.45, 2.75) is 0 Å². The van der Waals surface area contributed by atoms with Crippen LogP contribution in [0.25, 0.3) is 65.1 Å². The molecule has 0 amide bonds. The van der Waals surface area contributed by atoms with E-state index in [1.165, 1.54) is 55.2 Å². The van der Waals surface area contributed by atoms with Gasteiger partial charge in [-0.3, -0.25) is 4.52 Å². The molecule has 1 radical (unpaired) electrons. The van der Waals surface area contributed by atoms with Crippen LogP contribution in [-0.2, 0) is 20.1 Å². The Morgan fingerprint density at radius 3 is 2.17 bits per heavy atom. The van der Waals surface area contributed by atoms with Crippen LogP contribution in [0.1, 0.15) is 0 Å². The second-order valence-corrected chi connectivity index (χ2v) is 9.55. The molecule has 173 valence electrons. The van der Waals surface area contributed by atoms with Crippen LogP contribution in [-0.4, -0.2) is 18.6 Å². The van der Waals surface area contributed by atoms with Crippen LogP contribution in [0, 0.1) is 6.20 Å². The predicted molar refractivity (Wildman–Crippen MR) is 144 cm³/mol. The van der Waals surface area contributed by atoms with Gasteiger partial charge in [0, 0.05) is 42.8 Å². The van der Waals surface area contributed by atoms with E-state index in [1.807, 2.05) is 10.7 Å². The minimum atomic E-state index is 0. The summed E-state index contributed by atoms with van der Waals surface area (Å²) in [7, 11) is 0. The average molecular weight is 658 g/mol. The third kappa shape index (κ3) is 2.96. The molecule has 0 N–H and O–H groups in total. The van der Waals surface area contributed by atoms with Crippen molar-refractivity contribution in [3.8, 4) is 16.8 Å². The number of pyridine rings is 1. The first-order chi connectivity index (χ1) is 17.4. The first-order valence-corrected chi connectivity index (χ1v) is 12.3. The molecule has 0 fully saturated rings. The minimum absolute atomic E-state index is 0. The molecular weight excluding hydrogens is 641 g/mol. The zero-order valence-electron chi connectivity index (χ0n) is 18.8. The Bertz CT molecular complexity index is 2030. The van der Waals surface area contributed by atoms with Crippen molar-refractivity contribution < 1.29 is 20.1 Å². The number of hydrogen-bond donors (Lipinski definition) is 0. The Kier molecular flexibility index (Phi) is 4.83. The van der Waals surface area contributed by atoms with Crippen molar-refractivity contribution in [1.29, 1.82) is 0 Å². The van der Waals surface area contributed by atoms with Crippen LogP contribution in [0.2, 0.25) is 0 Å². The van der Waals surface area contributed by atoms with Crippen molar-refractivity contribution in [1.82, 2.24) is 18.6 Å². The molecule has 8 rings (SSSR count). The fourth-order valence-electron chi connectivity index (χ4n) is 5.37. The summed E-state index contributed by atoms with van der Waals surface area (Å²) in [5.41, 5.74) is 7.96. The Hall–Kier alpha value is -3.83. The van der Waals surface area contributed by atoms with E-state index in [1.54, 1.807) is 0 Å². The minimum Gasteiger partial charge on any atom is -0.322 e. The zero-order valence-corrected chi connectivity index (χ0v) is 22.1. The van der Waals surface area contributed by atoms with E-state index in [0.29, 0.717) is 0 Å². The fraction of sp³-hybridized carbons (Fsp3) is 0. The van der Waals surface area contributed by atoms with Gasteiger partial charge in [-0.15, -0.1) is 6.20 Å². The number of benzene rings is 4. The molecule has 4 aromatic heterocycles. The summed E-state index contributed by atoms with van der Waals surface area (Å²) in [5.74, 6) is 0. The average Bonchev–Trinajstić information content (AvgIpc) is 3.66. The van der Waals surface area contributed by atoms with Gasteiger partial charge in [-0.2, -0.15) is 16.6 Å². The molecular formula is C30H17IrN4S-.